The van der Waals surface area contributed by atoms with E-state index in [1.54, 1.807) is 31.3 Å². The molecule has 52 heavy (non-hydrogen) atoms. The third-order valence-corrected chi connectivity index (χ3v) is 14.9. The summed E-state index contributed by atoms with van der Waals surface area (Å²) in [5, 5.41) is 11.4. The minimum Gasteiger partial charge on any atom is -0.490 e. The molecule has 1 unspecified atom stereocenters. The zero-order valence-electron chi connectivity index (χ0n) is 29.8. The van der Waals surface area contributed by atoms with Gasteiger partial charge in [0.1, 0.15) is 15.7 Å². The molecular formula is C40H47ClN4O6S. The molecule has 10 nitrogen and oxygen atoms in total. The summed E-state index contributed by atoms with van der Waals surface area (Å²) in [6.07, 6.45) is 10.3. The van der Waals surface area contributed by atoms with Crippen molar-refractivity contribution >= 4 is 39.0 Å². The van der Waals surface area contributed by atoms with Crippen molar-refractivity contribution in [1.82, 2.24) is 9.29 Å². The Hall–Kier alpha value is -3.64. The van der Waals surface area contributed by atoms with Crippen molar-refractivity contribution in [1.29, 1.82) is 0 Å². The number of anilines is 1. The monoisotopic (exact) mass is 746 g/mol. The number of benzene rings is 2. The van der Waals surface area contributed by atoms with Crippen molar-refractivity contribution in [2.45, 2.75) is 82.3 Å². The Kier molecular flexibility index (Phi) is 9.51. The number of hydrogen-bond donors (Lipinski definition) is 2. The minimum absolute atomic E-state index is 0.0971. The van der Waals surface area contributed by atoms with Crippen LogP contribution in [0.3, 0.4) is 0 Å². The molecule has 8 rings (SSSR count). The lowest BCUT2D eigenvalue weighted by Crippen LogP contribution is -2.49. The van der Waals surface area contributed by atoms with Crippen LogP contribution in [0.15, 0.2) is 65.2 Å². The molecule has 2 aromatic carbocycles. The highest BCUT2D eigenvalue weighted by Gasteiger charge is 2.44. The molecule has 4 heterocycles. The predicted molar refractivity (Wildman–Crippen MR) is 201 cm³/mol. The van der Waals surface area contributed by atoms with Gasteiger partial charge >= 0.3 is 0 Å². The van der Waals surface area contributed by atoms with Gasteiger partial charge in [0.05, 0.1) is 42.4 Å². The van der Waals surface area contributed by atoms with Crippen LogP contribution in [0.25, 0.3) is 0 Å². The highest BCUT2D eigenvalue weighted by molar-refractivity contribution is 7.93. The first-order chi connectivity index (χ1) is 25.0. The van der Waals surface area contributed by atoms with Crippen LogP contribution in [0.1, 0.15) is 83.5 Å². The molecule has 7 atom stereocenters. The lowest BCUT2D eigenvalue weighted by atomic mass is 9.68. The van der Waals surface area contributed by atoms with Crippen LogP contribution in [0, 0.1) is 17.8 Å². The number of ether oxygens (including phenoxy) is 2. The SMILES string of the molecule is C[C@@H]1[C@@H](C)C/C=C/[C@H](O)[C@@H]2CC[C@H]2CN2C[C@@]3(CCCc4cc(Cl)ccc43)COc3ccc(cc32)C(=O)N=S1(=O)NC(=O)c1cc2n(c1)CCOC2. The Balaban J connectivity index is 1.19. The number of halogens is 1. The van der Waals surface area contributed by atoms with Gasteiger partial charge in [-0.05, 0) is 111 Å². The van der Waals surface area contributed by atoms with E-state index in [2.05, 4.69) is 26.1 Å². The van der Waals surface area contributed by atoms with Crippen molar-refractivity contribution in [3.63, 3.8) is 0 Å². The maximum Gasteiger partial charge on any atom is 0.286 e. The van der Waals surface area contributed by atoms with Crippen molar-refractivity contribution in [3.05, 3.63) is 93.8 Å². The van der Waals surface area contributed by atoms with E-state index >= 15 is 0 Å². The van der Waals surface area contributed by atoms with Crippen LogP contribution in [-0.4, -0.2) is 63.4 Å². The van der Waals surface area contributed by atoms with Crippen LogP contribution < -0.4 is 14.4 Å². The first kappa shape index (κ1) is 35.4. The molecule has 2 bridgehead atoms. The molecule has 2 amide bonds. The summed E-state index contributed by atoms with van der Waals surface area (Å²) in [5.74, 6) is -0.421. The van der Waals surface area contributed by atoms with Gasteiger partial charge in [0.15, 0.2) is 0 Å². The summed E-state index contributed by atoms with van der Waals surface area (Å²) in [4.78, 5) is 30.2. The third kappa shape index (κ3) is 6.58. The van der Waals surface area contributed by atoms with Crippen LogP contribution in [0.5, 0.6) is 5.75 Å². The number of carbonyl (C=O) groups is 2. The number of aryl methyl sites for hydroxylation is 1. The largest absolute Gasteiger partial charge is 0.490 e. The number of nitrogens with one attached hydrogen (secondary N) is 1. The molecule has 1 spiro atoms. The van der Waals surface area contributed by atoms with Gasteiger partial charge in [0.2, 0.25) is 0 Å². The number of fused-ring (bicyclic) bond motifs is 5. The molecule has 12 heteroatoms. The number of nitrogens with zero attached hydrogens (tertiary/aromatic N) is 3. The van der Waals surface area contributed by atoms with Crippen LogP contribution >= 0.6 is 11.6 Å². The van der Waals surface area contributed by atoms with Crippen molar-refractivity contribution in [2.75, 3.05) is 31.2 Å². The fraction of sp³-hybridized carbons (Fsp3) is 0.500. The molecule has 0 radical (unpaired) electrons. The summed E-state index contributed by atoms with van der Waals surface area (Å²) in [6, 6.07) is 13.2. The number of aliphatic hydroxyl groups is 1. The van der Waals surface area contributed by atoms with E-state index in [0.717, 1.165) is 48.5 Å². The van der Waals surface area contributed by atoms with Crippen LogP contribution in [0.2, 0.25) is 5.02 Å². The molecule has 3 aliphatic heterocycles. The van der Waals surface area contributed by atoms with Gasteiger partial charge in [0.25, 0.3) is 11.8 Å². The molecular weight excluding hydrogens is 700 g/mol. The van der Waals surface area contributed by atoms with Crippen molar-refractivity contribution in [3.8, 4) is 5.75 Å². The van der Waals surface area contributed by atoms with Gasteiger partial charge in [-0.25, -0.2) is 4.21 Å². The highest BCUT2D eigenvalue weighted by atomic mass is 35.5. The van der Waals surface area contributed by atoms with E-state index in [1.165, 1.54) is 11.1 Å². The van der Waals surface area contributed by atoms with Crippen LogP contribution in [-0.2, 0) is 39.6 Å². The Morgan fingerprint density at radius 1 is 1.15 bits per heavy atom. The Morgan fingerprint density at radius 2 is 2.02 bits per heavy atom. The van der Waals surface area contributed by atoms with Gasteiger partial charge in [-0.15, -0.1) is 4.36 Å². The van der Waals surface area contributed by atoms with E-state index in [0.29, 0.717) is 57.2 Å². The molecule has 2 N–H and O–H groups in total. The average Bonchev–Trinajstić information content (AvgIpc) is 3.49. The Labute approximate surface area is 310 Å². The minimum atomic E-state index is -3.63. The summed E-state index contributed by atoms with van der Waals surface area (Å²) in [7, 11) is -3.63. The summed E-state index contributed by atoms with van der Waals surface area (Å²) in [5.41, 5.74) is 4.45. The van der Waals surface area contributed by atoms with E-state index in [1.807, 2.05) is 35.8 Å². The normalized spacial score (nSPS) is 32.2. The average molecular weight is 747 g/mol. The number of aliphatic hydroxyl groups excluding tert-OH is 1. The second kappa shape index (κ2) is 14.0. The third-order valence-electron chi connectivity index (χ3n) is 12.2. The van der Waals surface area contributed by atoms with Gasteiger partial charge in [-0.1, -0.05) is 36.7 Å². The zero-order valence-corrected chi connectivity index (χ0v) is 31.3. The maximum absolute atomic E-state index is 14.9. The van der Waals surface area contributed by atoms with E-state index in [4.69, 9.17) is 21.1 Å². The standard InChI is InChI=1S/C40H47ClN4O6S/c1-25-5-3-7-36(46)33-11-8-29(33)20-45-23-40(14-4-6-27-17-31(41)10-12-34(27)40)24-51-37-13-9-28(19-35(37)45)38(47)42-52(49,26(25)2)43-39(48)30-18-32-22-50-16-15-44(32)21-30/h3,7,9-10,12-13,17-19,21,25-26,29,33,36,46H,4-6,8,11,14-16,20,22-24H2,1-2H3,(H,42,43,47,48,49)/b7-3+/t25-,26+,29-,33+,36-,40-,52?/m0/s1. The number of rotatable bonds is 2. The topological polar surface area (TPSA) is 122 Å². The first-order valence-electron chi connectivity index (χ1n) is 18.6. The fourth-order valence-electron chi connectivity index (χ4n) is 8.80. The van der Waals surface area contributed by atoms with Gasteiger partial charge < -0.3 is 24.0 Å². The fourth-order valence-corrected chi connectivity index (χ4v) is 10.9. The lowest BCUT2D eigenvalue weighted by Gasteiger charge is -2.45. The van der Waals surface area contributed by atoms with Crippen LogP contribution in [0.4, 0.5) is 5.69 Å². The van der Waals surface area contributed by atoms with E-state index in [-0.39, 0.29) is 28.7 Å². The summed E-state index contributed by atoms with van der Waals surface area (Å²) < 4.78 is 36.1. The molecule has 5 aliphatic rings. The molecule has 3 aromatic rings. The maximum atomic E-state index is 14.9. The second-order valence-electron chi connectivity index (χ2n) is 15.5. The van der Waals surface area contributed by atoms with E-state index in [9.17, 15) is 18.9 Å². The molecule has 0 saturated heterocycles. The Bertz CT molecular complexity index is 2030. The highest BCUT2D eigenvalue weighted by Crippen LogP contribution is 2.47. The Morgan fingerprint density at radius 3 is 2.83 bits per heavy atom. The van der Waals surface area contributed by atoms with Crippen molar-refractivity contribution in [2.24, 2.45) is 22.1 Å². The lowest BCUT2D eigenvalue weighted by molar-refractivity contribution is 0.0455. The molecule has 1 saturated carbocycles. The van der Waals surface area contributed by atoms with Gasteiger partial charge in [-0.3, -0.25) is 14.3 Å². The predicted octanol–water partition coefficient (Wildman–Crippen LogP) is 6.47. The zero-order chi connectivity index (χ0) is 36.2. The second-order valence-corrected chi connectivity index (χ2v) is 18.2. The number of hydrogen-bond acceptors (Lipinski definition) is 7. The number of allylic oxidation sites excluding steroid dienone is 1. The van der Waals surface area contributed by atoms with Gasteiger partial charge in [0, 0.05) is 47.5 Å². The number of amides is 2. The molecule has 1 aromatic heterocycles. The smallest absolute Gasteiger partial charge is 0.286 e. The first-order valence-corrected chi connectivity index (χ1v) is 20.5. The number of aromatic nitrogens is 1. The molecule has 2 aliphatic carbocycles. The summed E-state index contributed by atoms with van der Waals surface area (Å²) in [6.45, 7) is 7.10. The number of carbonyl (C=O) groups excluding carboxylic acids is 2. The van der Waals surface area contributed by atoms with Gasteiger partial charge in [-0.2, -0.15) is 0 Å². The van der Waals surface area contributed by atoms with E-state index < -0.39 is 33.1 Å². The molecule has 1 fully saturated rings. The summed E-state index contributed by atoms with van der Waals surface area (Å²) >= 11 is 6.45. The van der Waals surface area contributed by atoms with Crippen molar-refractivity contribution < 1.29 is 28.4 Å². The molecule has 276 valence electrons. The quantitative estimate of drug-likeness (QED) is 0.289.